The van der Waals surface area contributed by atoms with Crippen molar-refractivity contribution in [3.63, 3.8) is 0 Å². The maximum absolute atomic E-state index is 12.6. The van der Waals surface area contributed by atoms with E-state index in [0.717, 1.165) is 6.42 Å². The largest absolute Gasteiger partial charge is 0.342 e. The van der Waals surface area contributed by atoms with Crippen LogP contribution in [0.2, 0.25) is 0 Å². The molecule has 1 saturated heterocycles. The summed E-state index contributed by atoms with van der Waals surface area (Å²) in [6.45, 7) is 6.11. The first-order valence-corrected chi connectivity index (χ1v) is 7.06. The minimum absolute atomic E-state index is 0.00761. The van der Waals surface area contributed by atoms with E-state index in [9.17, 15) is 9.59 Å². The van der Waals surface area contributed by atoms with E-state index in [-0.39, 0.29) is 17.9 Å². The Hall–Kier alpha value is -1.84. The predicted octanol–water partition coefficient (Wildman–Crippen LogP) is 1.74. The molecule has 0 spiro atoms. The van der Waals surface area contributed by atoms with Crippen LogP contribution in [0.15, 0.2) is 30.3 Å². The molecule has 1 aromatic rings. The lowest BCUT2D eigenvalue weighted by molar-refractivity contribution is -0.138. The Bertz CT molecular complexity index is 496. The molecule has 4 nitrogen and oxygen atoms in total. The summed E-state index contributed by atoms with van der Waals surface area (Å²) in [5, 5.41) is 2.80. The second-order valence-electron chi connectivity index (χ2n) is 5.96. The molecular weight excluding hydrogens is 252 g/mol. The highest BCUT2D eigenvalue weighted by atomic mass is 16.2. The van der Waals surface area contributed by atoms with Gasteiger partial charge in [0.1, 0.15) is 5.54 Å². The lowest BCUT2D eigenvalue weighted by Crippen LogP contribution is -2.54. The van der Waals surface area contributed by atoms with Gasteiger partial charge in [-0.15, -0.1) is 0 Å². The van der Waals surface area contributed by atoms with Crippen molar-refractivity contribution in [3.8, 4) is 0 Å². The average Bonchev–Trinajstić information content (AvgIpc) is 2.45. The highest BCUT2D eigenvalue weighted by Gasteiger charge is 2.39. The van der Waals surface area contributed by atoms with Crippen LogP contribution >= 0.6 is 0 Å². The number of amides is 2. The molecule has 2 rings (SSSR count). The smallest absolute Gasteiger partial charge is 0.248 e. The Labute approximate surface area is 120 Å². The Morgan fingerprint density at radius 3 is 2.55 bits per heavy atom. The first-order chi connectivity index (χ1) is 9.40. The maximum Gasteiger partial charge on any atom is 0.248 e. The van der Waals surface area contributed by atoms with E-state index in [2.05, 4.69) is 17.4 Å². The van der Waals surface area contributed by atoms with Crippen LogP contribution in [0.5, 0.6) is 0 Å². The van der Waals surface area contributed by atoms with Gasteiger partial charge in [-0.2, -0.15) is 0 Å². The molecule has 0 aliphatic carbocycles. The van der Waals surface area contributed by atoms with Crippen molar-refractivity contribution in [1.82, 2.24) is 10.2 Å². The van der Waals surface area contributed by atoms with Gasteiger partial charge in [0.15, 0.2) is 0 Å². The van der Waals surface area contributed by atoms with Crippen molar-refractivity contribution >= 4 is 11.8 Å². The highest BCUT2D eigenvalue weighted by molar-refractivity contribution is 5.93. The third kappa shape index (κ3) is 3.18. The Balaban J connectivity index is 2.11. The van der Waals surface area contributed by atoms with Crippen LogP contribution in [0, 0.1) is 0 Å². The molecule has 1 N–H and O–H groups in total. The van der Waals surface area contributed by atoms with E-state index >= 15 is 0 Å². The summed E-state index contributed by atoms with van der Waals surface area (Å²) >= 11 is 0. The van der Waals surface area contributed by atoms with E-state index in [1.807, 2.05) is 30.0 Å². The molecule has 20 heavy (non-hydrogen) atoms. The fraction of sp³-hybridized carbons (Fsp3) is 0.500. The van der Waals surface area contributed by atoms with E-state index in [4.69, 9.17) is 0 Å². The summed E-state index contributed by atoms with van der Waals surface area (Å²) in [7, 11) is 0. The van der Waals surface area contributed by atoms with Crippen LogP contribution in [-0.4, -0.2) is 34.8 Å². The topological polar surface area (TPSA) is 49.4 Å². The van der Waals surface area contributed by atoms with E-state index in [1.165, 1.54) is 5.56 Å². The van der Waals surface area contributed by atoms with Gasteiger partial charge >= 0.3 is 0 Å². The molecule has 0 bridgehead atoms. The summed E-state index contributed by atoms with van der Waals surface area (Å²) in [5.41, 5.74) is 0.382. The van der Waals surface area contributed by atoms with E-state index < -0.39 is 5.54 Å². The monoisotopic (exact) mass is 274 g/mol. The fourth-order valence-electron chi connectivity index (χ4n) is 2.61. The summed E-state index contributed by atoms with van der Waals surface area (Å²) in [5.74, 6) is -0.0650. The van der Waals surface area contributed by atoms with Crippen LogP contribution in [0.4, 0.5) is 0 Å². The van der Waals surface area contributed by atoms with Gasteiger partial charge in [0.2, 0.25) is 11.8 Å². The van der Waals surface area contributed by atoms with Crippen molar-refractivity contribution in [2.75, 3.05) is 6.54 Å². The Kier molecular flexibility index (Phi) is 4.12. The molecular formula is C16H22N2O2. The zero-order chi connectivity index (χ0) is 14.8. The fourth-order valence-corrected chi connectivity index (χ4v) is 2.61. The molecule has 4 heteroatoms. The average molecular weight is 274 g/mol. The third-order valence-corrected chi connectivity index (χ3v) is 3.74. The second-order valence-corrected chi connectivity index (χ2v) is 5.96. The maximum atomic E-state index is 12.6. The quantitative estimate of drug-likeness (QED) is 0.913. The lowest BCUT2D eigenvalue weighted by atomic mass is 10.0. The molecule has 1 atom stereocenters. The number of benzene rings is 1. The molecule has 0 saturated carbocycles. The number of nitrogens with one attached hydrogen (secondary N) is 1. The predicted molar refractivity (Wildman–Crippen MR) is 78.2 cm³/mol. The first kappa shape index (κ1) is 14.6. The Morgan fingerprint density at radius 2 is 1.90 bits per heavy atom. The van der Waals surface area contributed by atoms with Gasteiger partial charge in [-0.3, -0.25) is 9.59 Å². The summed E-state index contributed by atoms with van der Waals surface area (Å²) < 4.78 is 0. The number of hydrogen-bond donors (Lipinski definition) is 1. The SMILES string of the molecule is CC1CC(=O)NC(C)(C)C(=O)N1CCc1ccccc1. The summed E-state index contributed by atoms with van der Waals surface area (Å²) in [4.78, 5) is 26.2. The van der Waals surface area contributed by atoms with Crippen LogP contribution in [0.25, 0.3) is 0 Å². The minimum Gasteiger partial charge on any atom is -0.342 e. The standard InChI is InChI=1S/C16H22N2O2/c1-12-11-14(19)17-16(2,3)15(20)18(12)10-9-13-7-5-4-6-8-13/h4-8,12H,9-11H2,1-3H3,(H,17,19). The van der Waals surface area contributed by atoms with Gasteiger partial charge in [-0.25, -0.2) is 0 Å². The zero-order valence-corrected chi connectivity index (χ0v) is 12.3. The van der Waals surface area contributed by atoms with Crippen LogP contribution in [0.3, 0.4) is 0 Å². The molecule has 2 amide bonds. The number of carbonyl (C=O) groups is 2. The van der Waals surface area contributed by atoms with Crippen LogP contribution in [-0.2, 0) is 16.0 Å². The molecule has 1 aliphatic rings. The van der Waals surface area contributed by atoms with Crippen molar-refractivity contribution in [2.45, 2.75) is 45.2 Å². The normalized spacial score (nSPS) is 22.4. The lowest BCUT2D eigenvalue weighted by Gasteiger charge is -2.32. The molecule has 1 aromatic carbocycles. The van der Waals surface area contributed by atoms with Crippen LogP contribution in [0.1, 0.15) is 32.8 Å². The third-order valence-electron chi connectivity index (χ3n) is 3.74. The summed E-state index contributed by atoms with van der Waals surface area (Å²) in [6, 6.07) is 10.0. The molecule has 0 radical (unpaired) electrons. The van der Waals surface area contributed by atoms with Gasteiger partial charge in [0, 0.05) is 19.0 Å². The van der Waals surface area contributed by atoms with Gasteiger partial charge in [0.25, 0.3) is 0 Å². The van der Waals surface area contributed by atoms with Crippen molar-refractivity contribution in [2.24, 2.45) is 0 Å². The van der Waals surface area contributed by atoms with Crippen molar-refractivity contribution in [3.05, 3.63) is 35.9 Å². The van der Waals surface area contributed by atoms with Gasteiger partial charge in [0.05, 0.1) is 0 Å². The highest BCUT2D eigenvalue weighted by Crippen LogP contribution is 2.18. The number of carbonyl (C=O) groups excluding carboxylic acids is 2. The first-order valence-electron chi connectivity index (χ1n) is 7.06. The van der Waals surface area contributed by atoms with E-state index in [0.29, 0.717) is 13.0 Å². The molecule has 108 valence electrons. The van der Waals surface area contributed by atoms with Crippen molar-refractivity contribution in [1.29, 1.82) is 0 Å². The summed E-state index contributed by atoms with van der Waals surface area (Å²) in [6.07, 6.45) is 1.17. The molecule has 1 heterocycles. The van der Waals surface area contributed by atoms with Gasteiger partial charge in [-0.1, -0.05) is 30.3 Å². The van der Waals surface area contributed by atoms with Gasteiger partial charge in [-0.05, 0) is 32.8 Å². The number of rotatable bonds is 3. The second kappa shape index (κ2) is 5.65. The minimum atomic E-state index is -0.821. The molecule has 1 fully saturated rings. The molecule has 1 unspecified atom stereocenters. The molecule has 0 aromatic heterocycles. The number of nitrogens with zero attached hydrogens (tertiary/aromatic N) is 1. The zero-order valence-electron chi connectivity index (χ0n) is 12.3. The molecule has 1 aliphatic heterocycles. The Morgan fingerprint density at radius 1 is 1.25 bits per heavy atom. The van der Waals surface area contributed by atoms with Crippen LogP contribution < -0.4 is 5.32 Å². The van der Waals surface area contributed by atoms with Gasteiger partial charge < -0.3 is 10.2 Å². The number of hydrogen-bond acceptors (Lipinski definition) is 2. The van der Waals surface area contributed by atoms with Crippen molar-refractivity contribution < 1.29 is 9.59 Å². The van der Waals surface area contributed by atoms with E-state index in [1.54, 1.807) is 13.8 Å².